The van der Waals surface area contributed by atoms with Gasteiger partial charge in [-0.15, -0.1) is 0 Å². The fourth-order valence-electron chi connectivity index (χ4n) is 1.92. The molecule has 2 aromatic rings. The van der Waals surface area contributed by atoms with Gasteiger partial charge in [-0.1, -0.05) is 6.07 Å². The maximum Gasteiger partial charge on any atom is 0.136 e. The third-order valence-electron chi connectivity index (χ3n) is 2.88. The van der Waals surface area contributed by atoms with E-state index in [1.807, 2.05) is 38.4 Å². The summed E-state index contributed by atoms with van der Waals surface area (Å²) in [6, 6.07) is 7.72. The van der Waals surface area contributed by atoms with Gasteiger partial charge in [-0.3, -0.25) is 4.68 Å². The second-order valence-electron chi connectivity index (χ2n) is 4.30. The highest BCUT2D eigenvalue weighted by Gasteiger charge is 2.05. The molecule has 0 saturated carbocycles. The first-order chi connectivity index (χ1) is 9.13. The zero-order valence-corrected chi connectivity index (χ0v) is 11.3. The lowest BCUT2D eigenvalue weighted by atomic mass is 10.1. The number of hydrogen-bond acceptors (Lipinski definition) is 4. The first kappa shape index (κ1) is 13.0. The van der Waals surface area contributed by atoms with Crippen molar-refractivity contribution in [2.75, 3.05) is 12.4 Å². The van der Waals surface area contributed by atoms with Crippen molar-refractivity contribution in [3.63, 3.8) is 0 Å². The van der Waals surface area contributed by atoms with E-state index in [-0.39, 0.29) is 0 Å². The Morgan fingerprint density at radius 3 is 2.84 bits per heavy atom. The Balaban J connectivity index is 2.12. The second-order valence-corrected chi connectivity index (χ2v) is 4.30. The summed E-state index contributed by atoms with van der Waals surface area (Å²) in [7, 11) is 3.45. The Bertz CT molecular complexity index is 625. The number of ether oxygens (including phenoxy) is 1. The minimum Gasteiger partial charge on any atom is -0.495 e. The Morgan fingerprint density at radius 2 is 2.26 bits per heavy atom. The largest absolute Gasteiger partial charge is 0.495 e. The van der Waals surface area contributed by atoms with E-state index in [1.54, 1.807) is 11.8 Å². The molecule has 98 valence electrons. The van der Waals surface area contributed by atoms with E-state index in [1.165, 1.54) is 0 Å². The molecule has 2 rings (SSSR count). The van der Waals surface area contributed by atoms with Crippen LogP contribution in [0, 0.1) is 18.3 Å². The molecule has 0 radical (unpaired) electrons. The van der Waals surface area contributed by atoms with Gasteiger partial charge in [-0.25, -0.2) is 0 Å². The second kappa shape index (κ2) is 5.44. The number of nitrogens with zero attached hydrogens (tertiary/aromatic N) is 3. The van der Waals surface area contributed by atoms with Gasteiger partial charge < -0.3 is 10.1 Å². The van der Waals surface area contributed by atoms with E-state index in [0.717, 1.165) is 16.9 Å². The minimum atomic E-state index is 0.546. The van der Waals surface area contributed by atoms with E-state index < -0.39 is 0 Å². The molecule has 0 bridgehead atoms. The molecular formula is C14H16N4O. The predicted octanol–water partition coefficient (Wildman–Crippen LogP) is 2.22. The first-order valence-electron chi connectivity index (χ1n) is 5.95. The molecule has 0 fully saturated rings. The number of hydrogen-bond donors (Lipinski definition) is 1. The molecule has 1 N–H and O–H groups in total. The summed E-state index contributed by atoms with van der Waals surface area (Å²) in [6.45, 7) is 2.60. The average molecular weight is 256 g/mol. The van der Waals surface area contributed by atoms with Crippen LogP contribution in [0.1, 0.15) is 16.8 Å². The van der Waals surface area contributed by atoms with Gasteiger partial charge in [-0.05, 0) is 24.6 Å². The molecule has 0 aliphatic heterocycles. The highest BCUT2D eigenvalue weighted by Crippen LogP contribution is 2.20. The third-order valence-corrected chi connectivity index (χ3v) is 2.88. The van der Waals surface area contributed by atoms with E-state index in [4.69, 9.17) is 10.00 Å². The summed E-state index contributed by atoms with van der Waals surface area (Å²) in [6.07, 6.45) is 1.93. The molecular weight excluding hydrogens is 240 g/mol. The molecule has 0 aliphatic carbocycles. The molecule has 1 heterocycles. The SMILES string of the molecule is COc1ccc(CNc2cn(C)nc2C)cc1C#N. The Morgan fingerprint density at radius 1 is 1.47 bits per heavy atom. The van der Waals surface area contributed by atoms with Gasteiger partial charge in [0.05, 0.1) is 24.1 Å². The summed E-state index contributed by atoms with van der Waals surface area (Å²) in [5.41, 5.74) is 3.53. The van der Waals surface area contributed by atoms with Crippen LogP contribution in [0.15, 0.2) is 24.4 Å². The van der Waals surface area contributed by atoms with Gasteiger partial charge in [0.25, 0.3) is 0 Å². The summed E-state index contributed by atoms with van der Waals surface area (Å²) in [5.74, 6) is 0.601. The van der Waals surface area contributed by atoms with Gasteiger partial charge in [-0.2, -0.15) is 10.4 Å². The normalized spacial score (nSPS) is 10.0. The van der Waals surface area contributed by atoms with Gasteiger partial charge in [0, 0.05) is 19.8 Å². The van der Waals surface area contributed by atoms with Crippen LogP contribution in [0.3, 0.4) is 0 Å². The maximum atomic E-state index is 9.04. The quantitative estimate of drug-likeness (QED) is 0.911. The summed E-state index contributed by atoms with van der Waals surface area (Å²) in [5, 5.41) is 16.6. The highest BCUT2D eigenvalue weighted by molar-refractivity contribution is 5.49. The van der Waals surface area contributed by atoms with Crippen molar-refractivity contribution >= 4 is 5.69 Å². The molecule has 0 spiro atoms. The number of nitriles is 1. The standard InChI is InChI=1S/C14H16N4O/c1-10-13(9-18(2)17-10)16-8-11-4-5-14(19-3)12(6-11)7-15/h4-6,9,16H,8H2,1-3H3. The number of nitrogens with one attached hydrogen (secondary N) is 1. The Kier molecular flexibility index (Phi) is 3.71. The van der Waals surface area contributed by atoms with Gasteiger partial charge in [0.2, 0.25) is 0 Å². The maximum absolute atomic E-state index is 9.04. The van der Waals surface area contributed by atoms with Crippen LogP contribution in [-0.2, 0) is 13.6 Å². The summed E-state index contributed by atoms with van der Waals surface area (Å²) < 4.78 is 6.89. The summed E-state index contributed by atoms with van der Waals surface area (Å²) in [4.78, 5) is 0. The molecule has 19 heavy (non-hydrogen) atoms. The molecule has 1 aromatic heterocycles. The lowest BCUT2D eigenvalue weighted by Crippen LogP contribution is -2.00. The van der Waals surface area contributed by atoms with E-state index in [0.29, 0.717) is 17.9 Å². The van der Waals surface area contributed by atoms with E-state index in [9.17, 15) is 0 Å². The zero-order valence-electron chi connectivity index (χ0n) is 11.3. The minimum absolute atomic E-state index is 0.546. The van der Waals surface area contributed by atoms with Gasteiger partial charge in [0.15, 0.2) is 0 Å². The zero-order chi connectivity index (χ0) is 13.8. The van der Waals surface area contributed by atoms with Crippen molar-refractivity contribution in [2.24, 2.45) is 7.05 Å². The number of aryl methyl sites for hydroxylation is 2. The molecule has 1 aromatic carbocycles. The lowest BCUT2D eigenvalue weighted by Gasteiger charge is -2.07. The van der Waals surface area contributed by atoms with Crippen LogP contribution in [0.5, 0.6) is 5.75 Å². The van der Waals surface area contributed by atoms with Crippen molar-refractivity contribution in [2.45, 2.75) is 13.5 Å². The summed E-state index contributed by atoms with van der Waals surface area (Å²) >= 11 is 0. The van der Waals surface area contributed by atoms with Crippen LogP contribution in [0.25, 0.3) is 0 Å². The van der Waals surface area contributed by atoms with Crippen molar-refractivity contribution in [3.05, 3.63) is 41.2 Å². The van der Waals surface area contributed by atoms with E-state index >= 15 is 0 Å². The number of anilines is 1. The molecule has 5 heteroatoms. The van der Waals surface area contributed by atoms with Crippen molar-refractivity contribution in [1.29, 1.82) is 5.26 Å². The molecule has 5 nitrogen and oxygen atoms in total. The van der Waals surface area contributed by atoms with Crippen LogP contribution < -0.4 is 10.1 Å². The van der Waals surface area contributed by atoms with Crippen molar-refractivity contribution in [1.82, 2.24) is 9.78 Å². The lowest BCUT2D eigenvalue weighted by molar-refractivity contribution is 0.413. The third kappa shape index (κ3) is 2.86. The van der Waals surface area contributed by atoms with Gasteiger partial charge in [0.1, 0.15) is 11.8 Å². The molecule has 0 saturated heterocycles. The van der Waals surface area contributed by atoms with Gasteiger partial charge >= 0.3 is 0 Å². The number of rotatable bonds is 4. The molecule has 0 aliphatic rings. The molecule has 0 unspecified atom stereocenters. The van der Waals surface area contributed by atoms with E-state index in [2.05, 4.69) is 16.5 Å². The highest BCUT2D eigenvalue weighted by atomic mass is 16.5. The fraction of sp³-hybridized carbons (Fsp3) is 0.286. The van der Waals surface area contributed by atoms with Crippen LogP contribution >= 0.6 is 0 Å². The number of aromatic nitrogens is 2. The molecule has 0 amide bonds. The Labute approximate surface area is 112 Å². The topological polar surface area (TPSA) is 62.9 Å². The predicted molar refractivity (Wildman–Crippen MR) is 73.0 cm³/mol. The van der Waals surface area contributed by atoms with Crippen molar-refractivity contribution < 1.29 is 4.74 Å². The molecule has 0 atom stereocenters. The van der Waals surface area contributed by atoms with Crippen LogP contribution in [-0.4, -0.2) is 16.9 Å². The fourth-order valence-corrected chi connectivity index (χ4v) is 1.92. The smallest absolute Gasteiger partial charge is 0.136 e. The number of benzene rings is 1. The average Bonchev–Trinajstić information content (AvgIpc) is 2.74. The van der Waals surface area contributed by atoms with Crippen LogP contribution in [0.2, 0.25) is 0 Å². The Hall–Kier alpha value is -2.48. The number of methoxy groups -OCH3 is 1. The van der Waals surface area contributed by atoms with Crippen molar-refractivity contribution in [3.8, 4) is 11.8 Å². The first-order valence-corrected chi connectivity index (χ1v) is 5.95. The van der Waals surface area contributed by atoms with Crippen LogP contribution in [0.4, 0.5) is 5.69 Å². The monoisotopic (exact) mass is 256 g/mol.